The standard InChI is InChI=1S/C20H30N6O/c1-21-20(22-14-17-10-11-24-25(17)2)23-15-19(26-12-4-5-13-26)16-6-8-18(27-3)9-7-16/h6-11,19H,4-5,12-15H2,1-3H3,(H2,21,22,23). The summed E-state index contributed by atoms with van der Waals surface area (Å²) in [5.74, 6) is 1.69. The first-order valence-corrected chi connectivity index (χ1v) is 9.50. The molecule has 0 spiro atoms. The SMILES string of the molecule is CN=C(NCc1ccnn1C)NCC(c1ccc(OC)cc1)N1CCCC1. The van der Waals surface area contributed by atoms with Crippen molar-refractivity contribution in [2.24, 2.45) is 12.0 Å². The number of aliphatic imine (C=N–C) groups is 1. The van der Waals surface area contributed by atoms with Crippen molar-refractivity contribution in [2.75, 3.05) is 33.8 Å². The van der Waals surface area contributed by atoms with E-state index in [1.54, 1.807) is 20.4 Å². The maximum atomic E-state index is 5.30. The van der Waals surface area contributed by atoms with Crippen LogP contribution >= 0.6 is 0 Å². The van der Waals surface area contributed by atoms with Crippen LogP contribution in [0.1, 0.15) is 30.1 Å². The van der Waals surface area contributed by atoms with Crippen LogP contribution in [0.4, 0.5) is 0 Å². The number of likely N-dealkylation sites (tertiary alicyclic amines) is 1. The third kappa shape index (κ3) is 5.01. The lowest BCUT2D eigenvalue weighted by Gasteiger charge is -2.29. The number of methoxy groups -OCH3 is 1. The minimum absolute atomic E-state index is 0.314. The second kappa shape index (κ2) is 9.41. The fourth-order valence-corrected chi connectivity index (χ4v) is 3.50. The van der Waals surface area contributed by atoms with Gasteiger partial charge in [0.15, 0.2) is 5.96 Å². The van der Waals surface area contributed by atoms with Crippen LogP contribution in [-0.4, -0.2) is 54.4 Å². The average molecular weight is 371 g/mol. The van der Waals surface area contributed by atoms with Crippen LogP contribution in [0.15, 0.2) is 41.5 Å². The molecule has 1 aliphatic heterocycles. The van der Waals surface area contributed by atoms with E-state index in [0.29, 0.717) is 12.6 Å². The van der Waals surface area contributed by atoms with Gasteiger partial charge < -0.3 is 15.4 Å². The summed E-state index contributed by atoms with van der Waals surface area (Å²) in [6, 6.07) is 10.7. The van der Waals surface area contributed by atoms with Crippen molar-refractivity contribution in [2.45, 2.75) is 25.4 Å². The molecule has 0 aliphatic carbocycles. The number of nitrogens with zero attached hydrogens (tertiary/aromatic N) is 4. The molecule has 146 valence electrons. The van der Waals surface area contributed by atoms with E-state index < -0.39 is 0 Å². The van der Waals surface area contributed by atoms with Gasteiger partial charge >= 0.3 is 0 Å². The van der Waals surface area contributed by atoms with E-state index in [1.807, 2.05) is 29.9 Å². The van der Waals surface area contributed by atoms with Crippen LogP contribution in [0, 0.1) is 0 Å². The molecule has 1 saturated heterocycles. The van der Waals surface area contributed by atoms with Crippen LogP contribution in [-0.2, 0) is 13.6 Å². The molecule has 2 N–H and O–H groups in total. The summed E-state index contributed by atoms with van der Waals surface area (Å²) in [5, 5.41) is 11.1. The second-order valence-electron chi connectivity index (χ2n) is 6.78. The van der Waals surface area contributed by atoms with E-state index in [2.05, 4.69) is 37.8 Å². The molecule has 1 fully saturated rings. The summed E-state index contributed by atoms with van der Waals surface area (Å²) in [6.45, 7) is 3.77. The molecular formula is C20H30N6O. The molecule has 7 nitrogen and oxygen atoms in total. The number of hydrogen-bond acceptors (Lipinski definition) is 4. The highest BCUT2D eigenvalue weighted by Crippen LogP contribution is 2.26. The first kappa shape index (κ1) is 19.2. The number of rotatable bonds is 7. The molecule has 1 aromatic carbocycles. The van der Waals surface area contributed by atoms with Crippen molar-refractivity contribution in [3.05, 3.63) is 47.8 Å². The number of aryl methyl sites for hydroxylation is 1. The highest BCUT2D eigenvalue weighted by Gasteiger charge is 2.23. The summed E-state index contributed by atoms with van der Waals surface area (Å²) in [5.41, 5.74) is 2.41. The Bertz CT molecular complexity index is 733. The normalized spacial score (nSPS) is 16.3. The molecule has 1 aliphatic rings. The Hall–Kier alpha value is -2.54. The molecule has 1 atom stereocenters. The first-order chi connectivity index (χ1) is 13.2. The molecule has 27 heavy (non-hydrogen) atoms. The number of aromatic nitrogens is 2. The smallest absolute Gasteiger partial charge is 0.191 e. The first-order valence-electron chi connectivity index (χ1n) is 9.50. The third-order valence-corrected chi connectivity index (χ3v) is 5.13. The van der Waals surface area contributed by atoms with E-state index >= 15 is 0 Å². The van der Waals surface area contributed by atoms with Gasteiger partial charge in [-0.2, -0.15) is 5.10 Å². The molecular weight excluding hydrogens is 340 g/mol. The fourth-order valence-electron chi connectivity index (χ4n) is 3.50. The lowest BCUT2D eigenvalue weighted by Crippen LogP contribution is -2.42. The van der Waals surface area contributed by atoms with Crippen LogP contribution in [0.3, 0.4) is 0 Å². The largest absolute Gasteiger partial charge is 0.497 e. The zero-order valence-electron chi connectivity index (χ0n) is 16.5. The van der Waals surface area contributed by atoms with E-state index in [-0.39, 0.29) is 0 Å². The number of hydrogen-bond donors (Lipinski definition) is 2. The van der Waals surface area contributed by atoms with Crippen molar-refractivity contribution >= 4 is 5.96 Å². The van der Waals surface area contributed by atoms with Gasteiger partial charge in [-0.3, -0.25) is 14.6 Å². The van der Waals surface area contributed by atoms with Gasteiger partial charge in [0.25, 0.3) is 0 Å². The molecule has 2 heterocycles. The van der Waals surface area contributed by atoms with E-state index in [4.69, 9.17) is 4.74 Å². The maximum absolute atomic E-state index is 5.30. The lowest BCUT2D eigenvalue weighted by molar-refractivity contribution is 0.245. The quantitative estimate of drug-likeness (QED) is 0.576. The number of benzene rings is 1. The summed E-state index contributed by atoms with van der Waals surface area (Å²) >= 11 is 0. The molecule has 0 saturated carbocycles. The zero-order valence-corrected chi connectivity index (χ0v) is 16.5. The third-order valence-electron chi connectivity index (χ3n) is 5.13. The Morgan fingerprint density at radius 2 is 1.93 bits per heavy atom. The van der Waals surface area contributed by atoms with E-state index in [1.165, 1.54) is 18.4 Å². The van der Waals surface area contributed by atoms with Crippen LogP contribution in [0.25, 0.3) is 0 Å². The van der Waals surface area contributed by atoms with Gasteiger partial charge in [0.1, 0.15) is 5.75 Å². The Kier molecular flexibility index (Phi) is 6.70. The summed E-state index contributed by atoms with van der Waals surface area (Å²) < 4.78 is 7.17. The Labute approximate surface area is 161 Å². The van der Waals surface area contributed by atoms with Gasteiger partial charge in [-0.05, 0) is 49.7 Å². The fraction of sp³-hybridized carbons (Fsp3) is 0.500. The van der Waals surface area contributed by atoms with Gasteiger partial charge in [-0.15, -0.1) is 0 Å². The average Bonchev–Trinajstić information content (AvgIpc) is 3.37. The predicted octanol–water partition coefficient (Wildman–Crippen LogP) is 1.93. The van der Waals surface area contributed by atoms with Crippen LogP contribution < -0.4 is 15.4 Å². The summed E-state index contributed by atoms with van der Waals surface area (Å²) in [7, 11) is 5.45. The van der Waals surface area contributed by atoms with E-state index in [9.17, 15) is 0 Å². The van der Waals surface area contributed by atoms with Crippen molar-refractivity contribution < 1.29 is 4.74 Å². The number of nitrogens with one attached hydrogen (secondary N) is 2. The van der Waals surface area contributed by atoms with Gasteiger partial charge in [0.2, 0.25) is 0 Å². The minimum atomic E-state index is 0.314. The Balaban J connectivity index is 1.63. The predicted molar refractivity (Wildman–Crippen MR) is 108 cm³/mol. The molecule has 0 radical (unpaired) electrons. The summed E-state index contributed by atoms with van der Waals surface area (Å²) in [4.78, 5) is 6.91. The monoisotopic (exact) mass is 370 g/mol. The second-order valence-corrected chi connectivity index (χ2v) is 6.78. The van der Waals surface area contributed by atoms with Crippen molar-refractivity contribution in [1.29, 1.82) is 0 Å². The zero-order chi connectivity index (χ0) is 19.1. The number of guanidine groups is 1. The Morgan fingerprint density at radius 3 is 2.52 bits per heavy atom. The molecule has 2 aromatic rings. The number of ether oxygens (including phenoxy) is 1. The Morgan fingerprint density at radius 1 is 1.19 bits per heavy atom. The van der Waals surface area contributed by atoms with Crippen molar-refractivity contribution in [1.82, 2.24) is 25.3 Å². The summed E-state index contributed by atoms with van der Waals surface area (Å²) in [6.07, 6.45) is 4.33. The lowest BCUT2D eigenvalue weighted by atomic mass is 10.1. The van der Waals surface area contributed by atoms with Gasteiger partial charge in [0, 0.05) is 26.8 Å². The van der Waals surface area contributed by atoms with Gasteiger partial charge in [0.05, 0.1) is 25.4 Å². The van der Waals surface area contributed by atoms with Gasteiger partial charge in [-0.25, -0.2) is 0 Å². The molecule has 0 amide bonds. The molecule has 7 heteroatoms. The van der Waals surface area contributed by atoms with Crippen molar-refractivity contribution in [3.8, 4) is 5.75 Å². The highest BCUT2D eigenvalue weighted by molar-refractivity contribution is 5.79. The topological polar surface area (TPSA) is 66.7 Å². The van der Waals surface area contributed by atoms with Crippen LogP contribution in [0.5, 0.6) is 5.75 Å². The highest BCUT2D eigenvalue weighted by atomic mass is 16.5. The molecule has 0 bridgehead atoms. The molecule has 1 aromatic heterocycles. The molecule has 1 unspecified atom stereocenters. The minimum Gasteiger partial charge on any atom is -0.497 e. The molecule has 3 rings (SSSR count). The maximum Gasteiger partial charge on any atom is 0.191 e. The van der Waals surface area contributed by atoms with Gasteiger partial charge in [-0.1, -0.05) is 12.1 Å². The van der Waals surface area contributed by atoms with Crippen molar-refractivity contribution in [3.63, 3.8) is 0 Å². The van der Waals surface area contributed by atoms with E-state index in [0.717, 1.165) is 37.0 Å². The van der Waals surface area contributed by atoms with Crippen LogP contribution in [0.2, 0.25) is 0 Å².